The monoisotopic (exact) mass is 448 g/mol. The number of aromatic nitrogens is 3. The van der Waals surface area contributed by atoms with E-state index in [0.717, 1.165) is 18.4 Å². The molecule has 3 heterocycles. The summed E-state index contributed by atoms with van der Waals surface area (Å²) in [7, 11) is 3.40. The normalized spacial score (nSPS) is 16.2. The number of anilines is 3. The van der Waals surface area contributed by atoms with Crippen molar-refractivity contribution in [2.24, 2.45) is 0 Å². The van der Waals surface area contributed by atoms with Crippen molar-refractivity contribution >= 4 is 34.1 Å². The number of methoxy groups -OCH3 is 1. The molecule has 5 rings (SSSR count). The average molecular weight is 449 g/mol. The summed E-state index contributed by atoms with van der Waals surface area (Å²) in [5, 5.41) is 18.5. The minimum absolute atomic E-state index is 0.279. The van der Waals surface area contributed by atoms with Crippen molar-refractivity contribution in [2.45, 2.75) is 31.7 Å². The fourth-order valence-electron chi connectivity index (χ4n) is 4.43. The number of rotatable bonds is 6. The van der Waals surface area contributed by atoms with E-state index in [1.54, 1.807) is 17.3 Å². The highest BCUT2D eigenvalue weighted by Gasteiger charge is 2.21. The highest BCUT2D eigenvalue weighted by atomic mass is 19.1. The van der Waals surface area contributed by atoms with Crippen LogP contribution in [-0.4, -0.2) is 46.7 Å². The molecule has 2 aromatic heterocycles. The Labute approximate surface area is 190 Å². The van der Waals surface area contributed by atoms with Crippen molar-refractivity contribution in [3.63, 3.8) is 0 Å². The van der Waals surface area contributed by atoms with Crippen LogP contribution >= 0.6 is 0 Å². The van der Waals surface area contributed by atoms with E-state index in [1.165, 1.54) is 26.0 Å². The molecular weight excluding hydrogens is 423 g/mol. The first-order chi connectivity index (χ1) is 16.1. The summed E-state index contributed by atoms with van der Waals surface area (Å²) in [5.74, 6) is 0.966. The Bertz CT molecular complexity index is 1270. The molecule has 170 valence electrons. The van der Waals surface area contributed by atoms with E-state index < -0.39 is 0 Å². The molecule has 1 aromatic carbocycles. The first kappa shape index (κ1) is 21.0. The van der Waals surface area contributed by atoms with Gasteiger partial charge in [0, 0.05) is 43.7 Å². The Morgan fingerprint density at radius 2 is 2.09 bits per heavy atom. The predicted octanol–water partition coefficient (Wildman–Crippen LogP) is 3.87. The number of nitrogens with zero attached hydrogens (tertiary/aromatic N) is 4. The maximum absolute atomic E-state index is 15.0. The summed E-state index contributed by atoms with van der Waals surface area (Å²) in [5.41, 5.74) is 5.84. The molecule has 1 aliphatic carbocycles. The molecule has 33 heavy (non-hydrogen) atoms. The highest BCUT2D eigenvalue weighted by molar-refractivity contribution is 5.94. The van der Waals surface area contributed by atoms with Gasteiger partial charge in [-0.2, -0.15) is 15.2 Å². The summed E-state index contributed by atoms with van der Waals surface area (Å²) in [6, 6.07) is 5.55. The molecule has 0 bridgehead atoms. The number of aromatic amines is 1. The van der Waals surface area contributed by atoms with Crippen molar-refractivity contribution in [1.82, 2.24) is 25.4 Å². The molecule has 10 heteroatoms. The van der Waals surface area contributed by atoms with Crippen LogP contribution in [0.25, 0.3) is 16.6 Å². The molecule has 0 radical (unpaired) electrons. The number of halogens is 1. The Morgan fingerprint density at radius 1 is 1.27 bits per heavy atom. The number of hydrogen-bond acceptors (Lipinski definition) is 8. The minimum atomic E-state index is -0.376. The van der Waals surface area contributed by atoms with Gasteiger partial charge >= 0.3 is 0 Å². The second kappa shape index (κ2) is 8.60. The van der Waals surface area contributed by atoms with Crippen molar-refractivity contribution in [3.05, 3.63) is 41.5 Å². The van der Waals surface area contributed by atoms with E-state index in [9.17, 15) is 5.26 Å². The largest absolute Gasteiger partial charge is 0.495 e. The molecule has 0 saturated heterocycles. The maximum Gasteiger partial charge on any atom is 0.231 e. The first-order valence-electron chi connectivity index (χ1n) is 10.9. The fraction of sp³-hybridized carbons (Fsp3) is 0.348. The van der Waals surface area contributed by atoms with Gasteiger partial charge in [0.2, 0.25) is 5.95 Å². The lowest BCUT2D eigenvalue weighted by atomic mass is 10.1. The quantitative estimate of drug-likeness (QED) is 0.449. The zero-order chi connectivity index (χ0) is 22.9. The lowest BCUT2D eigenvalue weighted by Gasteiger charge is -2.16. The topological polar surface area (TPSA) is 114 Å². The number of ether oxygens (including phenoxy) is 1. The summed E-state index contributed by atoms with van der Waals surface area (Å²) >= 11 is 0. The van der Waals surface area contributed by atoms with E-state index in [1.807, 2.05) is 13.2 Å². The van der Waals surface area contributed by atoms with Gasteiger partial charge in [-0.1, -0.05) is 12.8 Å². The number of nitriles is 1. The molecule has 1 saturated carbocycles. The molecule has 1 fully saturated rings. The van der Waals surface area contributed by atoms with Gasteiger partial charge in [0.05, 0.1) is 23.7 Å². The van der Waals surface area contributed by atoms with Crippen molar-refractivity contribution in [3.8, 4) is 11.8 Å². The number of hydrazine groups is 1. The third-order valence-electron chi connectivity index (χ3n) is 6.10. The first-order valence-corrected chi connectivity index (χ1v) is 10.9. The van der Waals surface area contributed by atoms with Gasteiger partial charge in [0.25, 0.3) is 0 Å². The van der Waals surface area contributed by atoms with Gasteiger partial charge in [-0.05, 0) is 24.5 Å². The van der Waals surface area contributed by atoms with Crippen LogP contribution in [0.15, 0.2) is 24.5 Å². The summed E-state index contributed by atoms with van der Waals surface area (Å²) in [4.78, 5) is 12.2. The number of hydrogen-bond donors (Lipinski definition) is 4. The number of nitrogens with one attached hydrogen (secondary N) is 4. The van der Waals surface area contributed by atoms with Crippen LogP contribution < -0.4 is 20.8 Å². The predicted molar refractivity (Wildman–Crippen MR) is 124 cm³/mol. The Morgan fingerprint density at radius 3 is 2.79 bits per heavy atom. The van der Waals surface area contributed by atoms with Crippen LogP contribution in [-0.2, 0) is 0 Å². The van der Waals surface area contributed by atoms with E-state index in [0.29, 0.717) is 52.0 Å². The molecule has 0 atom stereocenters. The standard InChI is InChI=1S/C23H25FN8O/c1-32-12-14(11-27-32)16-7-19(33-2)18(8-17(16)24)29-23-30-21-20(13(9-25)10-26-21)22(31-23)28-15-5-3-4-6-15/h7-8,10,12,15,27H,3-6,11H2,1-2H3,(H3,26,28,29,30,31). The van der Waals surface area contributed by atoms with Gasteiger partial charge in [-0.3, -0.25) is 0 Å². The van der Waals surface area contributed by atoms with E-state index >= 15 is 4.39 Å². The van der Waals surface area contributed by atoms with Gasteiger partial charge in [0.15, 0.2) is 0 Å². The van der Waals surface area contributed by atoms with Crippen molar-refractivity contribution in [1.29, 1.82) is 5.26 Å². The highest BCUT2D eigenvalue weighted by Crippen LogP contribution is 2.35. The Balaban J connectivity index is 1.51. The lowest BCUT2D eigenvalue weighted by Crippen LogP contribution is -2.23. The Kier molecular flexibility index (Phi) is 5.48. The number of fused-ring (bicyclic) bond motifs is 1. The Hall–Kier alpha value is -3.84. The fourth-order valence-corrected chi connectivity index (χ4v) is 4.43. The molecule has 9 nitrogen and oxygen atoms in total. The van der Waals surface area contributed by atoms with Crippen LogP contribution in [0.1, 0.15) is 36.8 Å². The smallest absolute Gasteiger partial charge is 0.231 e. The summed E-state index contributed by atoms with van der Waals surface area (Å²) in [6.45, 7) is 0.535. The maximum atomic E-state index is 15.0. The number of H-pyrrole nitrogens is 1. The van der Waals surface area contributed by atoms with E-state index in [4.69, 9.17) is 4.74 Å². The molecule has 0 amide bonds. The van der Waals surface area contributed by atoms with Crippen molar-refractivity contribution < 1.29 is 9.13 Å². The minimum Gasteiger partial charge on any atom is -0.495 e. The van der Waals surface area contributed by atoms with Gasteiger partial charge in [-0.15, -0.1) is 0 Å². The zero-order valence-electron chi connectivity index (χ0n) is 18.5. The second-order valence-corrected chi connectivity index (χ2v) is 8.32. The van der Waals surface area contributed by atoms with Crippen molar-refractivity contribution in [2.75, 3.05) is 31.3 Å². The van der Waals surface area contributed by atoms with Gasteiger partial charge < -0.3 is 25.4 Å². The van der Waals surface area contributed by atoms with Crippen LogP contribution in [0.4, 0.5) is 21.8 Å². The van der Waals surface area contributed by atoms with E-state index in [-0.39, 0.29) is 11.8 Å². The van der Waals surface area contributed by atoms with E-state index in [2.05, 4.69) is 37.1 Å². The van der Waals surface area contributed by atoms with Crippen LogP contribution in [0, 0.1) is 17.1 Å². The SMILES string of the molecule is COc1cc(C2=CN(C)NC2)c(F)cc1Nc1nc(NC2CCCC2)c2c(C#N)c[nH]c2n1. The molecule has 1 aliphatic heterocycles. The van der Waals surface area contributed by atoms with Crippen LogP contribution in [0.5, 0.6) is 5.75 Å². The third kappa shape index (κ3) is 4.03. The number of benzene rings is 1. The zero-order valence-corrected chi connectivity index (χ0v) is 18.5. The van der Waals surface area contributed by atoms with Gasteiger partial charge in [0.1, 0.15) is 29.1 Å². The summed E-state index contributed by atoms with van der Waals surface area (Å²) < 4.78 is 20.6. The molecule has 2 aliphatic rings. The molecule has 4 N–H and O–H groups in total. The molecule has 0 unspecified atom stereocenters. The van der Waals surface area contributed by atoms with Gasteiger partial charge in [-0.25, -0.2) is 9.82 Å². The molecular formula is C23H25FN8O. The third-order valence-corrected chi connectivity index (χ3v) is 6.10. The summed E-state index contributed by atoms with van der Waals surface area (Å²) in [6.07, 6.45) is 7.92. The second-order valence-electron chi connectivity index (χ2n) is 8.32. The van der Waals surface area contributed by atoms with Crippen LogP contribution in [0.3, 0.4) is 0 Å². The molecule has 3 aromatic rings. The average Bonchev–Trinajstić information content (AvgIpc) is 3.55. The molecule has 0 spiro atoms. The lowest BCUT2D eigenvalue weighted by molar-refractivity contribution is 0.374. The van der Waals surface area contributed by atoms with Crippen LogP contribution in [0.2, 0.25) is 0 Å².